The third kappa shape index (κ3) is 3.62. The second-order valence-corrected chi connectivity index (χ2v) is 3.74. The van der Waals surface area contributed by atoms with Crippen molar-refractivity contribution in [2.75, 3.05) is 0 Å². The van der Waals surface area contributed by atoms with Crippen LogP contribution in [0.1, 0.15) is 40.5 Å². The van der Waals surface area contributed by atoms with Crippen LogP contribution in [0.25, 0.3) is 0 Å². The maximum atomic E-state index is 11.0. The van der Waals surface area contributed by atoms with Gasteiger partial charge in [0.1, 0.15) is 5.60 Å². The predicted octanol–water partition coefficient (Wildman–Crippen LogP) is 2.93. The monoisotopic (exact) mass is 184 g/mol. The van der Waals surface area contributed by atoms with E-state index in [0.717, 1.165) is 12.8 Å². The summed E-state index contributed by atoms with van der Waals surface area (Å²) < 4.78 is 5.27. The molecule has 2 heteroatoms. The van der Waals surface area contributed by atoms with Crippen molar-refractivity contribution in [2.24, 2.45) is 5.92 Å². The van der Waals surface area contributed by atoms with Gasteiger partial charge < -0.3 is 4.74 Å². The van der Waals surface area contributed by atoms with Gasteiger partial charge in [-0.3, -0.25) is 0 Å². The van der Waals surface area contributed by atoms with E-state index < -0.39 is 0 Å². The Balaban J connectivity index is 4.34. The summed E-state index contributed by atoms with van der Waals surface area (Å²) in [4.78, 5) is 11.0. The molecule has 0 amide bonds. The lowest BCUT2D eigenvalue weighted by molar-refractivity contribution is -0.155. The molecule has 0 aliphatic carbocycles. The summed E-state index contributed by atoms with van der Waals surface area (Å²) in [6.07, 6.45) is 3.26. The number of ether oxygens (including phenoxy) is 1. The molecule has 0 aromatic carbocycles. The lowest BCUT2D eigenvalue weighted by Gasteiger charge is -2.32. The van der Waals surface area contributed by atoms with E-state index in [0.29, 0.717) is 5.92 Å². The van der Waals surface area contributed by atoms with Crippen molar-refractivity contribution in [3.05, 3.63) is 12.7 Å². The first-order chi connectivity index (χ1) is 5.97. The van der Waals surface area contributed by atoms with Gasteiger partial charge in [-0.05, 0) is 32.6 Å². The summed E-state index contributed by atoms with van der Waals surface area (Å²) in [7, 11) is 0. The van der Waals surface area contributed by atoms with Crippen LogP contribution in [0, 0.1) is 5.92 Å². The highest BCUT2D eigenvalue weighted by Gasteiger charge is 2.29. The smallest absolute Gasteiger partial charge is 0.330 e. The van der Waals surface area contributed by atoms with Gasteiger partial charge in [0.25, 0.3) is 0 Å². The van der Waals surface area contributed by atoms with Crippen molar-refractivity contribution >= 4 is 5.97 Å². The number of hydrogen-bond acceptors (Lipinski definition) is 2. The summed E-state index contributed by atoms with van der Waals surface area (Å²) >= 11 is 0. The molecule has 0 aromatic heterocycles. The van der Waals surface area contributed by atoms with Gasteiger partial charge in [0.2, 0.25) is 0 Å². The van der Waals surface area contributed by atoms with Crippen LogP contribution in [-0.2, 0) is 9.53 Å². The van der Waals surface area contributed by atoms with Crippen molar-refractivity contribution in [1.82, 2.24) is 0 Å². The van der Waals surface area contributed by atoms with Crippen LogP contribution in [0.2, 0.25) is 0 Å². The molecule has 0 aliphatic rings. The van der Waals surface area contributed by atoms with Crippen molar-refractivity contribution < 1.29 is 9.53 Å². The van der Waals surface area contributed by atoms with Crippen LogP contribution in [0.4, 0.5) is 0 Å². The average molecular weight is 184 g/mol. The molecule has 13 heavy (non-hydrogen) atoms. The Morgan fingerprint density at radius 1 is 1.46 bits per heavy atom. The molecule has 0 bridgehead atoms. The van der Waals surface area contributed by atoms with Crippen LogP contribution in [0.5, 0.6) is 0 Å². The van der Waals surface area contributed by atoms with Gasteiger partial charge in [0.05, 0.1) is 0 Å². The van der Waals surface area contributed by atoms with Gasteiger partial charge in [-0.15, -0.1) is 0 Å². The van der Waals surface area contributed by atoms with Gasteiger partial charge in [0.15, 0.2) is 0 Å². The SMILES string of the molecule is C=CC(=O)OC(C)(C)C(CC)CC. The highest BCUT2D eigenvalue weighted by atomic mass is 16.6. The van der Waals surface area contributed by atoms with Gasteiger partial charge in [0, 0.05) is 6.08 Å². The molecule has 76 valence electrons. The van der Waals surface area contributed by atoms with E-state index in [4.69, 9.17) is 4.74 Å². The first kappa shape index (κ1) is 12.2. The van der Waals surface area contributed by atoms with Crippen molar-refractivity contribution in [1.29, 1.82) is 0 Å². The van der Waals surface area contributed by atoms with Crippen molar-refractivity contribution in [2.45, 2.75) is 46.1 Å². The minimum atomic E-state index is -0.380. The van der Waals surface area contributed by atoms with Gasteiger partial charge in [-0.25, -0.2) is 4.79 Å². The minimum Gasteiger partial charge on any atom is -0.456 e. The molecule has 0 aliphatic heterocycles. The Bertz CT molecular complexity index is 179. The highest BCUT2D eigenvalue weighted by Crippen LogP contribution is 2.27. The third-order valence-electron chi connectivity index (χ3n) is 2.50. The van der Waals surface area contributed by atoms with E-state index in [2.05, 4.69) is 20.4 Å². The fourth-order valence-electron chi connectivity index (χ4n) is 1.66. The van der Waals surface area contributed by atoms with Crippen molar-refractivity contribution in [3.63, 3.8) is 0 Å². The lowest BCUT2D eigenvalue weighted by atomic mass is 9.86. The van der Waals surface area contributed by atoms with E-state index in [1.165, 1.54) is 6.08 Å². The fraction of sp³-hybridized carbons (Fsp3) is 0.727. The summed E-state index contributed by atoms with van der Waals surface area (Å²) in [5.74, 6) is 0.0771. The molecule has 0 saturated heterocycles. The Kier molecular flexibility index (Phi) is 4.74. The normalized spacial score (nSPS) is 11.5. The lowest BCUT2D eigenvalue weighted by Crippen LogP contribution is -2.35. The second kappa shape index (κ2) is 5.05. The third-order valence-corrected chi connectivity index (χ3v) is 2.50. The summed E-state index contributed by atoms with van der Waals surface area (Å²) in [6, 6.07) is 0. The molecule has 0 aromatic rings. The maximum absolute atomic E-state index is 11.0. The first-order valence-corrected chi connectivity index (χ1v) is 4.83. The molecule has 0 spiro atoms. The summed E-state index contributed by atoms with van der Waals surface area (Å²) in [6.45, 7) is 11.5. The maximum Gasteiger partial charge on any atom is 0.330 e. The van der Waals surface area contributed by atoms with E-state index in [9.17, 15) is 4.79 Å². The van der Waals surface area contributed by atoms with E-state index in [-0.39, 0.29) is 11.6 Å². The van der Waals surface area contributed by atoms with Gasteiger partial charge in [-0.2, -0.15) is 0 Å². The quantitative estimate of drug-likeness (QED) is 0.485. The van der Waals surface area contributed by atoms with Crippen LogP contribution in [0.15, 0.2) is 12.7 Å². The van der Waals surface area contributed by atoms with E-state index in [1.807, 2.05) is 13.8 Å². The highest BCUT2D eigenvalue weighted by molar-refractivity contribution is 5.81. The van der Waals surface area contributed by atoms with Crippen LogP contribution in [-0.4, -0.2) is 11.6 Å². The molecule has 0 fully saturated rings. The molecule has 0 unspecified atom stereocenters. The van der Waals surface area contributed by atoms with E-state index in [1.54, 1.807) is 0 Å². The molecular formula is C11H20O2. The Hall–Kier alpha value is -0.790. The molecule has 0 N–H and O–H groups in total. The Labute approximate surface area is 81.0 Å². The average Bonchev–Trinajstić information content (AvgIpc) is 2.05. The molecule has 2 nitrogen and oxygen atoms in total. The second-order valence-electron chi connectivity index (χ2n) is 3.74. The topological polar surface area (TPSA) is 26.3 Å². The number of rotatable bonds is 5. The molecule has 0 heterocycles. The van der Waals surface area contributed by atoms with Gasteiger partial charge in [-0.1, -0.05) is 20.4 Å². The minimum absolute atomic E-state index is 0.336. The number of esters is 1. The van der Waals surface area contributed by atoms with Crippen LogP contribution < -0.4 is 0 Å². The standard InChI is InChI=1S/C11H20O2/c1-6-9(7-2)11(4,5)13-10(12)8-3/h8-9H,3,6-7H2,1-2,4-5H3. The zero-order valence-electron chi connectivity index (χ0n) is 9.09. The zero-order valence-corrected chi connectivity index (χ0v) is 9.09. The summed E-state index contributed by atoms with van der Waals surface area (Å²) in [5.41, 5.74) is -0.380. The Morgan fingerprint density at radius 3 is 2.23 bits per heavy atom. The summed E-state index contributed by atoms with van der Waals surface area (Å²) in [5, 5.41) is 0. The predicted molar refractivity (Wildman–Crippen MR) is 54.4 cm³/mol. The Morgan fingerprint density at radius 2 is 1.92 bits per heavy atom. The number of carbonyl (C=O) groups is 1. The molecule has 0 saturated carbocycles. The number of hydrogen-bond donors (Lipinski definition) is 0. The van der Waals surface area contributed by atoms with Crippen molar-refractivity contribution in [3.8, 4) is 0 Å². The largest absolute Gasteiger partial charge is 0.456 e. The molecule has 0 atom stereocenters. The molecule has 0 rings (SSSR count). The molecular weight excluding hydrogens is 164 g/mol. The fourth-order valence-corrected chi connectivity index (χ4v) is 1.66. The van der Waals surface area contributed by atoms with Gasteiger partial charge >= 0.3 is 5.97 Å². The first-order valence-electron chi connectivity index (χ1n) is 4.83. The van der Waals surface area contributed by atoms with Crippen LogP contribution >= 0.6 is 0 Å². The van der Waals surface area contributed by atoms with E-state index >= 15 is 0 Å². The number of carbonyl (C=O) groups excluding carboxylic acids is 1. The molecule has 0 radical (unpaired) electrons. The van der Waals surface area contributed by atoms with Crippen LogP contribution in [0.3, 0.4) is 0 Å². The zero-order chi connectivity index (χ0) is 10.5.